The molecule has 1 saturated heterocycles. The number of hydrogen-bond acceptors (Lipinski definition) is 5. The van der Waals surface area contributed by atoms with Gasteiger partial charge < -0.3 is 14.4 Å². The normalized spacial score (nSPS) is 18.6. The molecule has 1 aromatic heterocycles. The van der Waals surface area contributed by atoms with Crippen LogP contribution < -0.4 is 9.47 Å². The SMILES string of the molecule is CCN1CCC[C@H]1CN(Cc1ccc2c(c1)OCO2)C(=O)c1cc(C)n(C)n1. The molecular formula is C21H28N4O3. The Balaban J connectivity index is 1.58. The van der Waals surface area contributed by atoms with E-state index in [1.807, 2.05) is 43.1 Å². The molecule has 0 saturated carbocycles. The minimum Gasteiger partial charge on any atom is -0.454 e. The van der Waals surface area contributed by atoms with Crippen molar-refractivity contribution in [3.05, 3.63) is 41.2 Å². The molecule has 28 heavy (non-hydrogen) atoms. The van der Waals surface area contributed by atoms with E-state index in [0.717, 1.165) is 42.3 Å². The van der Waals surface area contributed by atoms with E-state index in [2.05, 4.69) is 16.9 Å². The maximum absolute atomic E-state index is 13.3. The number of likely N-dealkylation sites (N-methyl/N-ethyl adjacent to an activating group) is 1. The van der Waals surface area contributed by atoms with Crippen LogP contribution >= 0.6 is 0 Å². The summed E-state index contributed by atoms with van der Waals surface area (Å²) in [5.74, 6) is 1.48. The van der Waals surface area contributed by atoms with Gasteiger partial charge >= 0.3 is 0 Å². The van der Waals surface area contributed by atoms with Crippen molar-refractivity contribution in [2.24, 2.45) is 7.05 Å². The predicted molar refractivity (Wildman–Crippen MR) is 106 cm³/mol. The summed E-state index contributed by atoms with van der Waals surface area (Å²) in [7, 11) is 1.87. The van der Waals surface area contributed by atoms with Crippen LogP contribution in [0, 0.1) is 6.92 Å². The van der Waals surface area contributed by atoms with Gasteiger partial charge in [-0.15, -0.1) is 0 Å². The lowest BCUT2D eigenvalue weighted by Gasteiger charge is -2.30. The molecule has 3 heterocycles. The number of ether oxygens (including phenoxy) is 2. The first-order valence-corrected chi connectivity index (χ1v) is 9.97. The molecule has 1 aromatic carbocycles. The van der Waals surface area contributed by atoms with Gasteiger partial charge in [0.15, 0.2) is 17.2 Å². The van der Waals surface area contributed by atoms with E-state index in [1.165, 1.54) is 6.42 Å². The van der Waals surface area contributed by atoms with Crippen LogP contribution in [0.4, 0.5) is 0 Å². The molecule has 0 spiro atoms. The maximum atomic E-state index is 13.3. The third-order valence-electron chi connectivity index (χ3n) is 5.77. The van der Waals surface area contributed by atoms with Gasteiger partial charge in [0.25, 0.3) is 5.91 Å². The highest BCUT2D eigenvalue weighted by molar-refractivity contribution is 5.92. The molecule has 7 nitrogen and oxygen atoms in total. The number of fused-ring (bicyclic) bond motifs is 1. The molecule has 1 atom stereocenters. The second kappa shape index (κ2) is 7.83. The zero-order valence-electron chi connectivity index (χ0n) is 16.9. The van der Waals surface area contributed by atoms with Crippen molar-refractivity contribution in [3.8, 4) is 11.5 Å². The molecule has 2 aromatic rings. The molecular weight excluding hydrogens is 356 g/mol. The van der Waals surface area contributed by atoms with Gasteiger partial charge in [-0.3, -0.25) is 14.4 Å². The van der Waals surface area contributed by atoms with Gasteiger partial charge in [0.1, 0.15) is 0 Å². The number of amides is 1. The molecule has 0 aliphatic carbocycles. The summed E-state index contributed by atoms with van der Waals surface area (Å²) in [6, 6.07) is 8.15. The molecule has 0 N–H and O–H groups in total. The lowest BCUT2D eigenvalue weighted by Crippen LogP contribution is -2.42. The Morgan fingerprint density at radius 1 is 1.29 bits per heavy atom. The first-order chi connectivity index (χ1) is 13.5. The van der Waals surface area contributed by atoms with Gasteiger partial charge in [0.2, 0.25) is 6.79 Å². The molecule has 2 aliphatic rings. The van der Waals surface area contributed by atoms with Crippen molar-refractivity contribution >= 4 is 5.91 Å². The summed E-state index contributed by atoms with van der Waals surface area (Å²) in [6.45, 7) is 7.75. The monoisotopic (exact) mass is 384 g/mol. The number of aryl methyl sites for hydroxylation is 2. The highest BCUT2D eigenvalue weighted by atomic mass is 16.7. The molecule has 0 bridgehead atoms. The van der Waals surface area contributed by atoms with Crippen molar-refractivity contribution in [1.29, 1.82) is 0 Å². The van der Waals surface area contributed by atoms with Crippen LogP contribution in [0.1, 0.15) is 41.5 Å². The van der Waals surface area contributed by atoms with Gasteiger partial charge in [-0.05, 0) is 56.6 Å². The Labute approximate surface area is 165 Å². The van der Waals surface area contributed by atoms with Gasteiger partial charge in [-0.25, -0.2) is 0 Å². The summed E-state index contributed by atoms with van der Waals surface area (Å²) < 4.78 is 12.7. The van der Waals surface area contributed by atoms with Crippen molar-refractivity contribution < 1.29 is 14.3 Å². The second-order valence-corrected chi connectivity index (χ2v) is 7.59. The Morgan fingerprint density at radius 3 is 2.86 bits per heavy atom. The van der Waals surface area contributed by atoms with E-state index in [1.54, 1.807) is 4.68 Å². The van der Waals surface area contributed by atoms with E-state index >= 15 is 0 Å². The highest BCUT2D eigenvalue weighted by Gasteiger charge is 2.29. The number of rotatable bonds is 6. The topological polar surface area (TPSA) is 59.8 Å². The third kappa shape index (κ3) is 3.71. The molecule has 1 fully saturated rings. The molecule has 0 unspecified atom stereocenters. The van der Waals surface area contributed by atoms with E-state index in [9.17, 15) is 4.79 Å². The fourth-order valence-corrected chi connectivity index (χ4v) is 4.08. The van der Waals surface area contributed by atoms with Crippen LogP contribution in [-0.4, -0.2) is 58.0 Å². The zero-order valence-corrected chi connectivity index (χ0v) is 16.9. The zero-order chi connectivity index (χ0) is 19.7. The van der Waals surface area contributed by atoms with Crippen LogP contribution in [0.25, 0.3) is 0 Å². The van der Waals surface area contributed by atoms with Crippen LogP contribution in [0.15, 0.2) is 24.3 Å². The molecule has 150 valence electrons. The lowest BCUT2D eigenvalue weighted by molar-refractivity contribution is 0.0685. The summed E-state index contributed by atoms with van der Waals surface area (Å²) >= 11 is 0. The Hall–Kier alpha value is -2.54. The van der Waals surface area contributed by atoms with Gasteiger partial charge in [0, 0.05) is 31.9 Å². The summed E-state index contributed by atoms with van der Waals surface area (Å²) in [6.07, 6.45) is 2.31. The van der Waals surface area contributed by atoms with Crippen molar-refractivity contribution in [2.45, 2.75) is 39.3 Å². The van der Waals surface area contributed by atoms with Crippen LogP contribution in [0.5, 0.6) is 11.5 Å². The smallest absolute Gasteiger partial charge is 0.274 e. The summed E-state index contributed by atoms with van der Waals surface area (Å²) in [5, 5.41) is 4.41. The third-order valence-corrected chi connectivity index (χ3v) is 5.77. The van der Waals surface area contributed by atoms with Gasteiger partial charge in [-0.1, -0.05) is 13.0 Å². The highest BCUT2D eigenvalue weighted by Crippen LogP contribution is 2.33. The molecule has 7 heteroatoms. The number of carbonyl (C=O) groups excluding carboxylic acids is 1. The molecule has 1 amide bonds. The Morgan fingerprint density at radius 2 is 2.11 bits per heavy atom. The summed E-state index contributed by atoms with van der Waals surface area (Å²) in [5.41, 5.74) is 2.51. The van der Waals surface area contributed by atoms with Crippen LogP contribution in [0.2, 0.25) is 0 Å². The second-order valence-electron chi connectivity index (χ2n) is 7.59. The van der Waals surface area contributed by atoms with E-state index < -0.39 is 0 Å². The fourth-order valence-electron chi connectivity index (χ4n) is 4.08. The van der Waals surface area contributed by atoms with Gasteiger partial charge in [0.05, 0.1) is 0 Å². The van der Waals surface area contributed by atoms with Crippen molar-refractivity contribution in [2.75, 3.05) is 26.4 Å². The standard InChI is InChI=1S/C21H28N4O3/c1-4-24-9-5-6-17(24)13-25(21(26)18-10-15(2)23(3)22-18)12-16-7-8-19-20(11-16)28-14-27-19/h7-8,10-11,17H,4-6,9,12-14H2,1-3H3/t17-/m0/s1. The number of aromatic nitrogens is 2. The molecule has 0 radical (unpaired) electrons. The number of hydrogen-bond donors (Lipinski definition) is 0. The Bertz CT molecular complexity index is 844. The average molecular weight is 384 g/mol. The van der Waals surface area contributed by atoms with Crippen LogP contribution in [0.3, 0.4) is 0 Å². The quantitative estimate of drug-likeness (QED) is 0.766. The first kappa shape index (κ1) is 18.8. The van der Waals surface area contributed by atoms with Crippen molar-refractivity contribution in [3.63, 3.8) is 0 Å². The largest absolute Gasteiger partial charge is 0.454 e. The maximum Gasteiger partial charge on any atom is 0.274 e. The van der Waals surface area contributed by atoms with Gasteiger partial charge in [-0.2, -0.15) is 5.10 Å². The van der Waals surface area contributed by atoms with E-state index in [-0.39, 0.29) is 12.7 Å². The number of likely N-dealkylation sites (tertiary alicyclic amines) is 1. The first-order valence-electron chi connectivity index (χ1n) is 9.97. The Kier molecular flexibility index (Phi) is 5.26. The number of nitrogens with zero attached hydrogens (tertiary/aromatic N) is 4. The molecule has 2 aliphatic heterocycles. The molecule has 4 rings (SSSR count). The minimum atomic E-state index is -0.0238. The fraction of sp³-hybridized carbons (Fsp3) is 0.524. The predicted octanol–water partition coefficient (Wildman–Crippen LogP) is 2.58. The van der Waals surface area contributed by atoms with E-state index in [0.29, 0.717) is 24.8 Å². The summed E-state index contributed by atoms with van der Waals surface area (Å²) in [4.78, 5) is 17.7. The van der Waals surface area contributed by atoms with Crippen molar-refractivity contribution in [1.82, 2.24) is 19.6 Å². The lowest BCUT2D eigenvalue weighted by atomic mass is 10.1. The number of carbonyl (C=O) groups is 1. The minimum absolute atomic E-state index is 0.0238. The van der Waals surface area contributed by atoms with E-state index in [4.69, 9.17) is 9.47 Å². The average Bonchev–Trinajstić information content (AvgIpc) is 3.41. The number of benzene rings is 1. The van der Waals surface area contributed by atoms with Crippen LogP contribution in [-0.2, 0) is 13.6 Å².